The van der Waals surface area contributed by atoms with Crippen LogP contribution < -0.4 is 10.6 Å². The number of benzene rings is 1. The number of carbonyl (C=O) groups excluding carboxylic acids is 1. The minimum atomic E-state index is -1.00. The van der Waals surface area contributed by atoms with Gasteiger partial charge in [0.25, 0.3) is 0 Å². The van der Waals surface area contributed by atoms with Crippen LogP contribution in [0.1, 0.15) is 44.7 Å². The summed E-state index contributed by atoms with van der Waals surface area (Å²) in [4.78, 5) is 22.9. The Morgan fingerprint density at radius 2 is 1.80 bits per heavy atom. The van der Waals surface area contributed by atoms with E-state index in [0.29, 0.717) is 12.8 Å². The summed E-state index contributed by atoms with van der Waals surface area (Å²) in [6.45, 7) is 3.85. The number of nitrogens with one attached hydrogen (secondary N) is 2. The molecule has 0 fully saturated rings. The van der Waals surface area contributed by atoms with Gasteiger partial charge >= 0.3 is 12.0 Å². The van der Waals surface area contributed by atoms with Crippen LogP contribution in [0.2, 0.25) is 0 Å². The number of aliphatic carboxylic acids is 1. The van der Waals surface area contributed by atoms with Crippen molar-refractivity contribution in [1.82, 2.24) is 10.6 Å². The number of urea groups is 1. The molecule has 0 spiro atoms. The summed E-state index contributed by atoms with van der Waals surface area (Å²) in [6, 6.07) is 8.22. The molecule has 2 atom stereocenters. The maximum atomic E-state index is 11.9. The molecule has 1 aromatic rings. The topological polar surface area (TPSA) is 78.4 Å². The van der Waals surface area contributed by atoms with Crippen LogP contribution in [-0.4, -0.2) is 23.1 Å². The van der Waals surface area contributed by atoms with Crippen LogP contribution in [0.5, 0.6) is 0 Å². The number of amides is 2. The van der Waals surface area contributed by atoms with Crippen molar-refractivity contribution >= 4 is 12.0 Å². The number of carbonyl (C=O) groups is 2. The highest BCUT2D eigenvalue weighted by atomic mass is 16.4. The van der Waals surface area contributed by atoms with Crippen LogP contribution >= 0.6 is 0 Å². The van der Waals surface area contributed by atoms with Crippen LogP contribution in [0.3, 0.4) is 0 Å². The monoisotopic (exact) mass is 278 g/mol. The second-order valence-electron chi connectivity index (χ2n) is 4.67. The Morgan fingerprint density at radius 1 is 1.15 bits per heavy atom. The number of hydrogen-bond donors (Lipinski definition) is 3. The first-order chi connectivity index (χ1) is 9.58. The van der Waals surface area contributed by atoms with Gasteiger partial charge in [0.1, 0.15) is 6.04 Å². The molecule has 1 rings (SSSR count). The molecule has 0 aliphatic carbocycles. The number of hydrogen-bond acceptors (Lipinski definition) is 2. The van der Waals surface area contributed by atoms with Crippen molar-refractivity contribution in [3.8, 4) is 0 Å². The largest absolute Gasteiger partial charge is 0.480 e. The highest BCUT2D eigenvalue weighted by Crippen LogP contribution is 2.15. The molecule has 0 saturated heterocycles. The fourth-order valence-corrected chi connectivity index (χ4v) is 2.01. The lowest BCUT2D eigenvalue weighted by atomic mass is 10.1. The average Bonchev–Trinajstić information content (AvgIpc) is 2.45. The van der Waals surface area contributed by atoms with E-state index in [0.717, 1.165) is 12.0 Å². The second kappa shape index (κ2) is 8.19. The summed E-state index contributed by atoms with van der Waals surface area (Å²) >= 11 is 0. The van der Waals surface area contributed by atoms with E-state index in [9.17, 15) is 9.59 Å². The zero-order valence-electron chi connectivity index (χ0n) is 11.9. The molecule has 20 heavy (non-hydrogen) atoms. The Balaban J connectivity index is 2.61. The molecule has 5 nitrogen and oxygen atoms in total. The lowest BCUT2D eigenvalue weighted by Gasteiger charge is -2.20. The predicted molar refractivity (Wildman–Crippen MR) is 77.5 cm³/mol. The molecule has 0 aliphatic rings. The third kappa shape index (κ3) is 4.91. The zero-order valence-corrected chi connectivity index (χ0v) is 11.9. The van der Waals surface area contributed by atoms with Crippen molar-refractivity contribution in [2.75, 3.05) is 0 Å². The standard InChI is InChI=1S/C15H22N2O3/c1-3-8-13(14(18)19)17-15(20)16-12(4-2)11-9-6-5-7-10-11/h5-7,9-10,12-13H,3-4,8H2,1-2H3,(H,18,19)(H2,16,17,20)/t12?,13-/m0/s1. The average molecular weight is 278 g/mol. The van der Waals surface area contributed by atoms with Crippen LogP contribution in [0, 0.1) is 0 Å². The van der Waals surface area contributed by atoms with E-state index in [1.807, 2.05) is 44.2 Å². The van der Waals surface area contributed by atoms with Gasteiger partial charge in [-0.25, -0.2) is 9.59 Å². The van der Waals surface area contributed by atoms with E-state index in [4.69, 9.17) is 5.11 Å². The Kier molecular flexibility index (Phi) is 6.56. The Labute approximate surface area is 119 Å². The summed E-state index contributed by atoms with van der Waals surface area (Å²) in [6.07, 6.45) is 1.86. The summed E-state index contributed by atoms with van der Waals surface area (Å²) in [5.41, 5.74) is 1.01. The van der Waals surface area contributed by atoms with Gasteiger partial charge in [-0.1, -0.05) is 50.6 Å². The summed E-state index contributed by atoms with van der Waals surface area (Å²) in [5.74, 6) is -1.00. The van der Waals surface area contributed by atoms with Crippen molar-refractivity contribution < 1.29 is 14.7 Å². The number of rotatable bonds is 7. The van der Waals surface area contributed by atoms with Gasteiger partial charge in [-0.2, -0.15) is 0 Å². The van der Waals surface area contributed by atoms with E-state index in [2.05, 4.69) is 10.6 Å². The van der Waals surface area contributed by atoms with Gasteiger partial charge in [-0.15, -0.1) is 0 Å². The highest BCUT2D eigenvalue weighted by Gasteiger charge is 2.20. The molecule has 0 bridgehead atoms. The third-order valence-electron chi connectivity index (χ3n) is 3.10. The van der Waals surface area contributed by atoms with Crippen molar-refractivity contribution in [2.45, 2.75) is 45.2 Å². The molecule has 3 N–H and O–H groups in total. The molecule has 0 saturated carbocycles. The van der Waals surface area contributed by atoms with E-state index in [1.54, 1.807) is 0 Å². The Morgan fingerprint density at radius 3 is 2.30 bits per heavy atom. The smallest absolute Gasteiger partial charge is 0.326 e. The van der Waals surface area contributed by atoms with Crippen molar-refractivity contribution in [3.05, 3.63) is 35.9 Å². The summed E-state index contributed by atoms with van der Waals surface area (Å²) < 4.78 is 0. The molecule has 5 heteroatoms. The maximum Gasteiger partial charge on any atom is 0.326 e. The van der Waals surface area contributed by atoms with Gasteiger partial charge in [0.2, 0.25) is 0 Å². The molecule has 2 amide bonds. The predicted octanol–water partition coefficient (Wildman–Crippen LogP) is 2.69. The molecule has 1 aromatic carbocycles. The summed E-state index contributed by atoms with van der Waals surface area (Å²) in [7, 11) is 0. The van der Waals surface area contributed by atoms with E-state index in [-0.39, 0.29) is 6.04 Å². The third-order valence-corrected chi connectivity index (χ3v) is 3.10. The Bertz CT molecular complexity index is 434. The van der Waals surface area contributed by atoms with Crippen molar-refractivity contribution in [1.29, 1.82) is 0 Å². The second-order valence-corrected chi connectivity index (χ2v) is 4.67. The summed E-state index contributed by atoms with van der Waals surface area (Å²) in [5, 5.41) is 14.3. The molecule has 0 aromatic heterocycles. The van der Waals surface area contributed by atoms with Gasteiger partial charge in [0.15, 0.2) is 0 Å². The van der Waals surface area contributed by atoms with Crippen LogP contribution in [-0.2, 0) is 4.79 Å². The molecule has 1 unspecified atom stereocenters. The van der Waals surface area contributed by atoms with Gasteiger partial charge in [-0.3, -0.25) is 0 Å². The van der Waals surface area contributed by atoms with Crippen molar-refractivity contribution in [2.24, 2.45) is 0 Å². The lowest BCUT2D eigenvalue weighted by molar-refractivity contribution is -0.139. The van der Waals surface area contributed by atoms with Gasteiger partial charge in [0, 0.05) is 0 Å². The number of carboxylic acid groups (broad SMARTS) is 1. The molecular weight excluding hydrogens is 256 g/mol. The zero-order chi connectivity index (χ0) is 15.0. The first kappa shape index (κ1) is 16.0. The van der Waals surface area contributed by atoms with E-state index >= 15 is 0 Å². The van der Waals surface area contributed by atoms with Crippen molar-refractivity contribution in [3.63, 3.8) is 0 Å². The van der Waals surface area contributed by atoms with Gasteiger partial charge in [-0.05, 0) is 18.4 Å². The van der Waals surface area contributed by atoms with Crippen LogP contribution in [0.4, 0.5) is 4.79 Å². The highest BCUT2D eigenvalue weighted by molar-refractivity contribution is 5.82. The maximum absolute atomic E-state index is 11.9. The minimum absolute atomic E-state index is 0.118. The lowest BCUT2D eigenvalue weighted by Crippen LogP contribution is -2.46. The van der Waals surface area contributed by atoms with Crippen LogP contribution in [0.15, 0.2) is 30.3 Å². The molecule has 0 heterocycles. The molecule has 0 aliphatic heterocycles. The first-order valence-electron chi connectivity index (χ1n) is 6.93. The fraction of sp³-hybridized carbons (Fsp3) is 0.467. The Hall–Kier alpha value is -2.04. The van der Waals surface area contributed by atoms with E-state index < -0.39 is 18.0 Å². The normalized spacial score (nSPS) is 13.3. The van der Waals surface area contributed by atoms with E-state index in [1.165, 1.54) is 0 Å². The number of carboxylic acids is 1. The van der Waals surface area contributed by atoms with Gasteiger partial charge < -0.3 is 15.7 Å². The quantitative estimate of drug-likeness (QED) is 0.717. The first-order valence-corrected chi connectivity index (χ1v) is 6.93. The molecular formula is C15H22N2O3. The fourth-order valence-electron chi connectivity index (χ4n) is 2.01. The van der Waals surface area contributed by atoms with Crippen LogP contribution in [0.25, 0.3) is 0 Å². The SMILES string of the molecule is CCC[C@H](NC(=O)NC(CC)c1ccccc1)C(=O)O. The van der Waals surface area contributed by atoms with Gasteiger partial charge in [0.05, 0.1) is 6.04 Å². The molecule has 0 radical (unpaired) electrons. The minimum Gasteiger partial charge on any atom is -0.480 e. The molecule has 110 valence electrons.